The van der Waals surface area contributed by atoms with Crippen LogP contribution in [0.3, 0.4) is 0 Å². The van der Waals surface area contributed by atoms with Gasteiger partial charge in [-0.3, -0.25) is 0 Å². The molecule has 0 saturated heterocycles. The predicted octanol–water partition coefficient (Wildman–Crippen LogP) is 3.37. The normalized spacial score (nSPS) is 11.2. The molecule has 0 fully saturated rings. The molecule has 0 aliphatic rings. The second-order valence-corrected chi connectivity index (χ2v) is 5.54. The average molecular weight is 284 g/mol. The van der Waals surface area contributed by atoms with Crippen LogP contribution in [0.25, 0.3) is 0 Å². The molecule has 0 atom stereocenters. The highest BCUT2D eigenvalue weighted by Gasteiger charge is 2.06. The van der Waals surface area contributed by atoms with Gasteiger partial charge in [0.05, 0.1) is 0 Å². The number of hydrogen-bond acceptors (Lipinski definition) is 3. The zero-order chi connectivity index (χ0) is 14.1. The quantitative estimate of drug-likeness (QED) is 0.700. The molecule has 0 bridgehead atoms. The molecule has 0 aliphatic carbocycles. The van der Waals surface area contributed by atoms with E-state index in [4.69, 9.17) is 0 Å². The molecule has 1 aromatic rings. The lowest BCUT2D eigenvalue weighted by Crippen LogP contribution is -2.25. The summed E-state index contributed by atoms with van der Waals surface area (Å²) in [5.41, 5.74) is 1.06. The molecule has 4 heteroatoms. The fourth-order valence-corrected chi connectivity index (χ4v) is 2.96. The van der Waals surface area contributed by atoms with E-state index in [2.05, 4.69) is 31.0 Å². The Morgan fingerprint density at radius 3 is 2.58 bits per heavy atom. The SMILES string of the molecule is CCNCc1cc(F)ccc1SCCN(CC)CC. The first kappa shape index (κ1) is 16.5. The molecule has 0 amide bonds. The van der Waals surface area contributed by atoms with Crippen molar-refractivity contribution < 1.29 is 4.39 Å². The summed E-state index contributed by atoms with van der Waals surface area (Å²) in [6.45, 7) is 11.3. The van der Waals surface area contributed by atoms with Crippen LogP contribution in [-0.4, -0.2) is 36.8 Å². The van der Waals surface area contributed by atoms with Crippen LogP contribution >= 0.6 is 11.8 Å². The molecule has 0 aromatic heterocycles. The monoisotopic (exact) mass is 284 g/mol. The number of halogens is 1. The highest BCUT2D eigenvalue weighted by molar-refractivity contribution is 7.99. The standard InChI is InChI=1S/C15H25FN2S/c1-4-17-12-13-11-14(16)7-8-15(13)19-10-9-18(5-2)6-3/h7-8,11,17H,4-6,9-10,12H2,1-3H3. The van der Waals surface area contributed by atoms with E-state index in [1.165, 1.54) is 4.90 Å². The maximum absolute atomic E-state index is 13.3. The maximum atomic E-state index is 13.3. The van der Waals surface area contributed by atoms with Crippen LogP contribution in [0.15, 0.2) is 23.1 Å². The first-order valence-electron chi connectivity index (χ1n) is 7.05. The zero-order valence-corrected chi connectivity index (χ0v) is 13.0. The Bertz CT molecular complexity index is 367. The van der Waals surface area contributed by atoms with Gasteiger partial charge in [-0.05, 0) is 43.4 Å². The molecule has 19 heavy (non-hydrogen) atoms. The third-order valence-electron chi connectivity index (χ3n) is 3.15. The van der Waals surface area contributed by atoms with Crippen LogP contribution in [0.5, 0.6) is 0 Å². The summed E-state index contributed by atoms with van der Waals surface area (Å²) in [5.74, 6) is 0.896. The highest BCUT2D eigenvalue weighted by atomic mass is 32.2. The Morgan fingerprint density at radius 2 is 1.95 bits per heavy atom. The van der Waals surface area contributed by atoms with Crippen molar-refractivity contribution in [2.24, 2.45) is 0 Å². The maximum Gasteiger partial charge on any atom is 0.123 e. The van der Waals surface area contributed by atoms with Crippen LogP contribution in [0.2, 0.25) is 0 Å². The smallest absolute Gasteiger partial charge is 0.123 e. The fourth-order valence-electron chi connectivity index (χ4n) is 1.91. The van der Waals surface area contributed by atoms with Crippen molar-refractivity contribution in [3.8, 4) is 0 Å². The molecule has 1 N–H and O–H groups in total. The molecule has 0 spiro atoms. The van der Waals surface area contributed by atoms with Gasteiger partial charge in [0.25, 0.3) is 0 Å². The zero-order valence-electron chi connectivity index (χ0n) is 12.2. The Balaban J connectivity index is 2.56. The van der Waals surface area contributed by atoms with Crippen LogP contribution in [-0.2, 0) is 6.54 Å². The van der Waals surface area contributed by atoms with Crippen molar-refractivity contribution in [3.05, 3.63) is 29.6 Å². The summed E-state index contributed by atoms with van der Waals surface area (Å²) in [4.78, 5) is 3.59. The first-order chi connectivity index (χ1) is 9.21. The number of thioether (sulfide) groups is 1. The van der Waals surface area contributed by atoms with Gasteiger partial charge in [0.15, 0.2) is 0 Å². The molecular weight excluding hydrogens is 259 g/mol. The Labute approximate surface area is 120 Å². The molecule has 1 aromatic carbocycles. The van der Waals surface area contributed by atoms with E-state index >= 15 is 0 Å². The molecular formula is C15H25FN2S. The molecule has 1 rings (SSSR count). The minimum Gasteiger partial charge on any atom is -0.313 e. The summed E-state index contributed by atoms with van der Waals surface area (Å²) < 4.78 is 13.3. The predicted molar refractivity (Wildman–Crippen MR) is 82.3 cm³/mol. The lowest BCUT2D eigenvalue weighted by Gasteiger charge is -2.18. The Kier molecular flexibility index (Phi) is 8.10. The third kappa shape index (κ3) is 5.93. The molecule has 0 aliphatic heterocycles. The van der Waals surface area contributed by atoms with Gasteiger partial charge in [-0.25, -0.2) is 4.39 Å². The number of nitrogens with one attached hydrogen (secondary N) is 1. The van der Waals surface area contributed by atoms with E-state index in [1.807, 2.05) is 17.8 Å². The van der Waals surface area contributed by atoms with Gasteiger partial charge in [0.2, 0.25) is 0 Å². The van der Waals surface area contributed by atoms with E-state index < -0.39 is 0 Å². The van der Waals surface area contributed by atoms with Crippen LogP contribution in [0.1, 0.15) is 26.3 Å². The van der Waals surface area contributed by atoms with Gasteiger partial charge in [-0.1, -0.05) is 20.8 Å². The largest absolute Gasteiger partial charge is 0.313 e. The van der Waals surface area contributed by atoms with E-state index in [0.29, 0.717) is 0 Å². The molecule has 0 radical (unpaired) electrons. The molecule has 0 saturated carbocycles. The second kappa shape index (κ2) is 9.34. The van der Waals surface area contributed by atoms with E-state index in [-0.39, 0.29) is 5.82 Å². The van der Waals surface area contributed by atoms with Crippen molar-refractivity contribution in [1.29, 1.82) is 0 Å². The minimum atomic E-state index is -0.152. The van der Waals surface area contributed by atoms with Gasteiger partial charge < -0.3 is 10.2 Å². The van der Waals surface area contributed by atoms with Gasteiger partial charge in [0, 0.05) is 23.7 Å². The highest BCUT2D eigenvalue weighted by Crippen LogP contribution is 2.23. The third-order valence-corrected chi connectivity index (χ3v) is 4.24. The number of rotatable bonds is 9. The molecule has 108 valence electrons. The lowest BCUT2D eigenvalue weighted by atomic mass is 10.2. The summed E-state index contributed by atoms with van der Waals surface area (Å²) in [7, 11) is 0. The minimum absolute atomic E-state index is 0.152. The van der Waals surface area contributed by atoms with Gasteiger partial charge in [-0.15, -0.1) is 11.8 Å². The van der Waals surface area contributed by atoms with Crippen molar-refractivity contribution in [2.45, 2.75) is 32.2 Å². The number of hydrogen-bond donors (Lipinski definition) is 1. The fraction of sp³-hybridized carbons (Fsp3) is 0.600. The summed E-state index contributed by atoms with van der Waals surface area (Å²) in [6.07, 6.45) is 0. The topological polar surface area (TPSA) is 15.3 Å². The lowest BCUT2D eigenvalue weighted by molar-refractivity contribution is 0.324. The van der Waals surface area contributed by atoms with Crippen LogP contribution in [0, 0.1) is 5.82 Å². The summed E-state index contributed by atoms with van der Waals surface area (Å²) in [6, 6.07) is 5.09. The Hall–Kier alpha value is -0.580. The molecule has 0 unspecified atom stereocenters. The van der Waals surface area contributed by atoms with Crippen molar-refractivity contribution in [2.75, 3.05) is 31.9 Å². The number of benzene rings is 1. The van der Waals surface area contributed by atoms with Crippen molar-refractivity contribution in [3.63, 3.8) is 0 Å². The van der Waals surface area contributed by atoms with Gasteiger partial charge >= 0.3 is 0 Å². The summed E-state index contributed by atoms with van der Waals surface area (Å²) >= 11 is 1.82. The molecule has 2 nitrogen and oxygen atoms in total. The first-order valence-corrected chi connectivity index (χ1v) is 8.04. The van der Waals surface area contributed by atoms with Crippen molar-refractivity contribution >= 4 is 11.8 Å². The number of nitrogens with zero attached hydrogens (tertiary/aromatic N) is 1. The van der Waals surface area contributed by atoms with E-state index in [9.17, 15) is 4.39 Å². The van der Waals surface area contributed by atoms with Gasteiger partial charge in [-0.2, -0.15) is 0 Å². The van der Waals surface area contributed by atoms with E-state index in [0.717, 1.165) is 44.0 Å². The van der Waals surface area contributed by atoms with Crippen LogP contribution < -0.4 is 5.32 Å². The average Bonchev–Trinajstić information content (AvgIpc) is 2.43. The van der Waals surface area contributed by atoms with E-state index in [1.54, 1.807) is 12.1 Å². The summed E-state index contributed by atoms with van der Waals surface area (Å²) in [5, 5.41) is 3.26. The van der Waals surface area contributed by atoms with Gasteiger partial charge in [0.1, 0.15) is 5.82 Å². The second-order valence-electron chi connectivity index (χ2n) is 4.41. The van der Waals surface area contributed by atoms with Crippen LogP contribution in [0.4, 0.5) is 4.39 Å². The molecule has 0 heterocycles. The van der Waals surface area contributed by atoms with Crippen molar-refractivity contribution in [1.82, 2.24) is 10.2 Å². The Morgan fingerprint density at radius 1 is 1.21 bits per heavy atom.